The van der Waals surface area contributed by atoms with E-state index in [9.17, 15) is 9.90 Å². The van der Waals surface area contributed by atoms with Gasteiger partial charge in [0.1, 0.15) is 17.9 Å². The molecule has 1 unspecified atom stereocenters. The molecule has 1 fully saturated rings. The molecule has 0 spiro atoms. The molecule has 248 valence electrons. The summed E-state index contributed by atoms with van der Waals surface area (Å²) in [5, 5.41) is 11.5. The summed E-state index contributed by atoms with van der Waals surface area (Å²) in [5.41, 5.74) is 8.24. The molecule has 0 aliphatic carbocycles. The number of aromatic nitrogens is 3. The number of ether oxygens (including phenoxy) is 2. The molecule has 9 nitrogen and oxygen atoms in total. The third kappa shape index (κ3) is 6.63. The van der Waals surface area contributed by atoms with Gasteiger partial charge in [-0.15, -0.1) is 0 Å². The maximum absolute atomic E-state index is 12.9. The van der Waals surface area contributed by atoms with Crippen LogP contribution in [0.25, 0.3) is 22.0 Å². The molecule has 0 saturated carbocycles. The molecular formula is C38H47N5O4. The van der Waals surface area contributed by atoms with Gasteiger partial charge in [-0.1, -0.05) is 32.0 Å². The smallest absolute Gasteiger partial charge is 0.337 e. The number of aliphatic carboxylic acids is 1. The molecule has 2 aromatic carbocycles. The van der Waals surface area contributed by atoms with E-state index in [4.69, 9.17) is 14.5 Å². The fourth-order valence-electron chi connectivity index (χ4n) is 7.05. The first-order chi connectivity index (χ1) is 22.2. The summed E-state index contributed by atoms with van der Waals surface area (Å²) in [5.74, 6) is 0.683. The van der Waals surface area contributed by atoms with Crippen LogP contribution in [0.3, 0.4) is 0 Å². The van der Waals surface area contributed by atoms with Crippen molar-refractivity contribution in [1.29, 1.82) is 0 Å². The number of fused-ring (bicyclic) bond motifs is 2. The first kappa shape index (κ1) is 32.7. The second-order valence-corrected chi connectivity index (χ2v) is 14.8. The number of aryl methyl sites for hydroxylation is 2. The number of methoxy groups -OCH3 is 1. The lowest BCUT2D eigenvalue weighted by Gasteiger charge is -2.41. The van der Waals surface area contributed by atoms with Crippen LogP contribution >= 0.6 is 0 Å². The number of piperidine rings is 1. The number of benzene rings is 2. The average Bonchev–Trinajstić information content (AvgIpc) is 3.02. The Bertz CT molecular complexity index is 1820. The summed E-state index contributed by atoms with van der Waals surface area (Å²) >= 11 is 0. The summed E-state index contributed by atoms with van der Waals surface area (Å²) in [7, 11) is 1.67. The van der Waals surface area contributed by atoms with E-state index in [1.807, 2.05) is 52.8 Å². The highest BCUT2D eigenvalue weighted by Crippen LogP contribution is 2.45. The summed E-state index contributed by atoms with van der Waals surface area (Å²) in [6, 6.07) is 12.6. The number of hydrogen-bond donors (Lipinski definition) is 1. The molecule has 4 heterocycles. The molecule has 0 radical (unpaired) electrons. The lowest BCUT2D eigenvalue weighted by atomic mass is 9.81. The monoisotopic (exact) mass is 637 g/mol. The zero-order valence-electron chi connectivity index (χ0n) is 29.0. The minimum absolute atomic E-state index is 0.236. The average molecular weight is 638 g/mol. The molecule has 4 aromatic rings. The number of hydrogen-bond acceptors (Lipinski definition) is 8. The van der Waals surface area contributed by atoms with Crippen LogP contribution < -0.4 is 14.5 Å². The lowest BCUT2D eigenvalue weighted by molar-refractivity contribution is -0.160. The van der Waals surface area contributed by atoms with Crippen LogP contribution in [0.15, 0.2) is 42.7 Å². The van der Waals surface area contributed by atoms with Crippen LogP contribution in [0.5, 0.6) is 5.75 Å². The Morgan fingerprint density at radius 1 is 0.957 bits per heavy atom. The minimum Gasteiger partial charge on any atom is -0.497 e. The molecule has 2 aliphatic rings. The van der Waals surface area contributed by atoms with Gasteiger partial charge in [0.2, 0.25) is 0 Å². The van der Waals surface area contributed by atoms with Gasteiger partial charge in [-0.2, -0.15) is 0 Å². The maximum atomic E-state index is 12.9. The van der Waals surface area contributed by atoms with Crippen LogP contribution in [0, 0.1) is 19.3 Å². The third-order valence-corrected chi connectivity index (χ3v) is 9.60. The number of anilines is 2. The van der Waals surface area contributed by atoms with E-state index in [0.29, 0.717) is 11.3 Å². The van der Waals surface area contributed by atoms with E-state index in [-0.39, 0.29) is 5.41 Å². The number of nitrogens with zero attached hydrogens (tertiary/aromatic N) is 5. The molecule has 0 amide bonds. The van der Waals surface area contributed by atoms with Crippen molar-refractivity contribution in [1.82, 2.24) is 15.0 Å². The highest BCUT2D eigenvalue weighted by molar-refractivity contribution is 5.91. The standard InChI is InChI=1S/C38H47N5O4/c1-23-31(33(42-17-14-38(6,7)15-18-42)32(24(2)41-23)34(36(44)45)47-37(3,4)5)26-9-10-27-21-43(16-13-25(27)19-26)35-29-20-28(46-8)11-12-30(29)39-22-40-35/h9-12,19-20,22,34H,13-18,21H2,1-8H3,(H,44,45). The fraction of sp³-hybridized carbons (Fsp3) is 0.474. The van der Waals surface area contributed by atoms with Gasteiger partial charge >= 0.3 is 5.97 Å². The highest BCUT2D eigenvalue weighted by Gasteiger charge is 2.36. The van der Waals surface area contributed by atoms with Crippen LogP contribution in [0.2, 0.25) is 0 Å². The van der Waals surface area contributed by atoms with Gasteiger partial charge in [0.05, 0.1) is 23.9 Å². The number of carboxylic acid groups (broad SMARTS) is 1. The summed E-state index contributed by atoms with van der Waals surface area (Å²) in [6.07, 6.45) is 3.38. The number of carboxylic acids is 1. The predicted octanol–water partition coefficient (Wildman–Crippen LogP) is 7.45. The number of pyridine rings is 1. The molecule has 9 heteroatoms. The Balaban J connectivity index is 1.43. The Hall–Kier alpha value is -4.24. The van der Waals surface area contributed by atoms with Crippen LogP contribution in [0.1, 0.15) is 81.6 Å². The van der Waals surface area contributed by atoms with Crippen LogP contribution in [-0.4, -0.2) is 58.4 Å². The van der Waals surface area contributed by atoms with Gasteiger partial charge < -0.3 is 24.4 Å². The molecule has 0 bridgehead atoms. The highest BCUT2D eigenvalue weighted by atomic mass is 16.5. The maximum Gasteiger partial charge on any atom is 0.337 e. The summed E-state index contributed by atoms with van der Waals surface area (Å²) in [4.78, 5) is 31.7. The molecule has 6 rings (SSSR count). The van der Waals surface area contributed by atoms with Gasteiger partial charge in [-0.25, -0.2) is 14.8 Å². The van der Waals surface area contributed by atoms with Gasteiger partial charge in [-0.05, 0) is 94.2 Å². The van der Waals surface area contributed by atoms with E-state index in [2.05, 4.69) is 51.8 Å². The first-order valence-electron chi connectivity index (χ1n) is 16.6. The van der Waals surface area contributed by atoms with Gasteiger partial charge in [0.25, 0.3) is 0 Å². The lowest BCUT2D eigenvalue weighted by Crippen LogP contribution is -2.39. The second kappa shape index (κ2) is 12.4. The van der Waals surface area contributed by atoms with Gasteiger partial charge in [0.15, 0.2) is 6.10 Å². The van der Waals surface area contributed by atoms with Crippen molar-refractivity contribution >= 4 is 28.4 Å². The Morgan fingerprint density at radius 2 is 1.70 bits per heavy atom. The molecule has 47 heavy (non-hydrogen) atoms. The fourth-order valence-corrected chi connectivity index (χ4v) is 7.05. The second-order valence-electron chi connectivity index (χ2n) is 14.8. The van der Waals surface area contributed by atoms with E-state index in [1.165, 1.54) is 11.1 Å². The molecular weight excluding hydrogens is 590 g/mol. The van der Waals surface area contributed by atoms with Crippen molar-refractivity contribution < 1.29 is 19.4 Å². The molecule has 1 N–H and O–H groups in total. The Kier molecular flexibility index (Phi) is 8.63. The van der Waals surface area contributed by atoms with Crippen molar-refractivity contribution in [2.45, 2.75) is 86.0 Å². The van der Waals surface area contributed by atoms with Crippen molar-refractivity contribution in [2.24, 2.45) is 5.41 Å². The summed E-state index contributed by atoms with van der Waals surface area (Å²) < 4.78 is 11.8. The van der Waals surface area contributed by atoms with Crippen molar-refractivity contribution in [3.05, 3.63) is 70.8 Å². The number of rotatable bonds is 7. The minimum atomic E-state index is -1.14. The van der Waals surface area contributed by atoms with Gasteiger partial charge in [-0.3, -0.25) is 4.98 Å². The molecule has 2 aromatic heterocycles. The topological polar surface area (TPSA) is 101 Å². The normalized spacial score (nSPS) is 17.0. The van der Waals surface area contributed by atoms with E-state index in [1.54, 1.807) is 13.4 Å². The van der Waals surface area contributed by atoms with Crippen molar-refractivity contribution in [3.8, 4) is 16.9 Å². The molecule has 1 atom stereocenters. The van der Waals surface area contributed by atoms with Crippen molar-refractivity contribution in [3.63, 3.8) is 0 Å². The van der Waals surface area contributed by atoms with E-state index < -0.39 is 17.7 Å². The SMILES string of the molecule is COc1ccc2ncnc(N3CCc4cc(-c5c(C)nc(C)c(C(OC(C)(C)C)C(=O)O)c5N5CCC(C)(C)CC5)ccc4C3)c2c1. The number of carbonyl (C=O) groups is 1. The zero-order valence-corrected chi connectivity index (χ0v) is 29.0. The van der Waals surface area contributed by atoms with E-state index >= 15 is 0 Å². The predicted molar refractivity (Wildman–Crippen MR) is 186 cm³/mol. The molecule has 2 aliphatic heterocycles. The first-order valence-corrected chi connectivity index (χ1v) is 16.6. The van der Waals surface area contributed by atoms with Crippen LogP contribution in [-0.2, 0) is 22.5 Å². The van der Waals surface area contributed by atoms with Crippen LogP contribution in [0.4, 0.5) is 11.5 Å². The Morgan fingerprint density at radius 3 is 2.38 bits per heavy atom. The largest absolute Gasteiger partial charge is 0.497 e. The Labute approximate surface area is 278 Å². The zero-order chi connectivity index (χ0) is 33.7. The van der Waals surface area contributed by atoms with E-state index in [0.717, 1.165) is 90.4 Å². The third-order valence-electron chi connectivity index (χ3n) is 9.60. The van der Waals surface area contributed by atoms with Gasteiger partial charge in [0, 0.05) is 54.1 Å². The quantitative estimate of drug-likeness (QED) is 0.221. The van der Waals surface area contributed by atoms with Crippen molar-refractivity contribution in [2.75, 3.05) is 36.5 Å². The summed E-state index contributed by atoms with van der Waals surface area (Å²) in [6.45, 7) is 17.5. The molecule has 1 saturated heterocycles.